The van der Waals surface area contributed by atoms with Crippen molar-refractivity contribution in [3.63, 3.8) is 0 Å². The Kier molecular flexibility index (Phi) is 3.99. The van der Waals surface area contributed by atoms with Crippen LogP contribution in [0.3, 0.4) is 0 Å². The van der Waals surface area contributed by atoms with Gasteiger partial charge in [-0.2, -0.15) is 0 Å². The molecule has 1 atom stereocenters. The molecule has 18 heavy (non-hydrogen) atoms. The average molecular weight is 236 g/mol. The van der Waals surface area contributed by atoms with Crippen LogP contribution in [0.25, 0.3) is 10.8 Å². The van der Waals surface area contributed by atoms with Gasteiger partial charge in [-0.25, -0.2) is 0 Å². The van der Waals surface area contributed by atoms with Gasteiger partial charge in [0, 0.05) is 0 Å². The number of rotatable bonds is 4. The van der Waals surface area contributed by atoms with Crippen molar-refractivity contribution in [3.05, 3.63) is 72.3 Å². The van der Waals surface area contributed by atoms with Crippen molar-refractivity contribution in [1.29, 1.82) is 0 Å². The SMILES string of the molecule is C=C(C)/C=C/C(C)Cc1cccc2ccccc12. The first-order valence-electron chi connectivity index (χ1n) is 6.47. The van der Waals surface area contributed by atoms with Crippen LogP contribution in [0.5, 0.6) is 0 Å². The molecule has 0 aliphatic rings. The van der Waals surface area contributed by atoms with E-state index in [2.05, 4.69) is 68.1 Å². The molecule has 0 heteroatoms. The van der Waals surface area contributed by atoms with Crippen LogP contribution in [0, 0.1) is 5.92 Å². The highest BCUT2D eigenvalue weighted by atomic mass is 14.1. The van der Waals surface area contributed by atoms with E-state index in [4.69, 9.17) is 0 Å². The van der Waals surface area contributed by atoms with Crippen LogP contribution in [0.2, 0.25) is 0 Å². The molecular formula is C18H20. The fourth-order valence-electron chi connectivity index (χ4n) is 2.21. The van der Waals surface area contributed by atoms with Crippen LogP contribution in [-0.2, 0) is 6.42 Å². The summed E-state index contributed by atoms with van der Waals surface area (Å²) in [5.41, 5.74) is 2.53. The summed E-state index contributed by atoms with van der Waals surface area (Å²) in [7, 11) is 0. The summed E-state index contributed by atoms with van der Waals surface area (Å²) in [6.07, 6.45) is 5.42. The Balaban J connectivity index is 2.24. The quantitative estimate of drug-likeness (QED) is 0.644. The first-order chi connectivity index (χ1) is 8.66. The van der Waals surface area contributed by atoms with Crippen LogP contribution in [-0.4, -0.2) is 0 Å². The van der Waals surface area contributed by atoms with Crippen LogP contribution in [0.4, 0.5) is 0 Å². The molecule has 0 spiro atoms. The predicted octanol–water partition coefficient (Wildman–Crippen LogP) is 5.15. The van der Waals surface area contributed by atoms with Crippen molar-refractivity contribution in [2.24, 2.45) is 5.92 Å². The second-order valence-corrected chi connectivity index (χ2v) is 5.03. The third-order valence-corrected chi connectivity index (χ3v) is 3.13. The topological polar surface area (TPSA) is 0 Å². The van der Waals surface area contributed by atoms with Gasteiger partial charge in [-0.1, -0.05) is 73.7 Å². The molecule has 0 heterocycles. The molecule has 0 saturated heterocycles. The highest BCUT2D eigenvalue weighted by Gasteiger charge is 2.03. The van der Waals surface area contributed by atoms with E-state index >= 15 is 0 Å². The summed E-state index contributed by atoms with van der Waals surface area (Å²) >= 11 is 0. The van der Waals surface area contributed by atoms with Crippen LogP contribution >= 0.6 is 0 Å². The maximum atomic E-state index is 3.90. The van der Waals surface area contributed by atoms with E-state index in [0.717, 1.165) is 12.0 Å². The third kappa shape index (κ3) is 3.10. The number of hydrogen-bond donors (Lipinski definition) is 0. The van der Waals surface area contributed by atoms with Crippen LogP contribution in [0.15, 0.2) is 66.8 Å². The number of fused-ring (bicyclic) bond motifs is 1. The van der Waals surface area contributed by atoms with Crippen molar-refractivity contribution in [2.75, 3.05) is 0 Å². The molecule has 1 unspecified atom stereocenters. The van der Waals surface area contributed by atoms with Crippen molar-refractivity contribution in [1.82, 2.24) is 0 Å². The lowest BCUT2D eigenvalue weighted by Gasteiger charge is -2.10. The lowest BCUT2D eigenvalue weighted by Crippen LogP contribution is -1.96. The predicted molar refractivity (Wildman–Crippen MR) is 80.8 cm³/mol. The fourth-order valence-corrected chi connectivity index (χ4v) is 2.21. The van der Waals surface area contributed by atoms with E-state index in [0.29, 0.717) is 5.92 Å². The van der Waals surface area contributed by atoms with Crippen LogP contribution in [0.1, 0.15) is 19.4 Å². The molecule has 0 saturated carbocycles. The monoisotopic (exact) mass is 236 g/mol. The van der Waals surface area contributed by atoms with Gasteiger partial charge < -0.3 is 0 Å². The lowest BCUT2D eigenvalue weighted by molar-refractivity contribution is 0.727. The standard InChI is InChI=1S/C18H20/c1-14(2)11-12-15(3)13-17-9-6-8-16-7-4-5-10-18(16)17/h4-12,15H,1,13H2,2-3H3/b12-11+. The van der Waals surface area contributed by atoms with Gasteiger partial charge in [-0.15, -0.1) is 0 Å². The Morgan fingerprint density at radius 3 is 2.67 bits per heavy atom. The molecule has 0 nitrogen and oxygen atoms in total. The number of benzene rings is 2. The van der Waals surface area contributed by atoms with Gasteiger partial charge in [0.25, 0.3) is 0 Å². The summed E-state index contributed by atoms with van der Waals surface area (Å²) in [6, 6.07) is 15.1. The first kappa shape index (κ1) is 12.6. The molecule has 0 aliphatic carbocycles. The van der Waals surface area contributed by atoms with Crippen molar-refractivity contribution in [2.45, 2.75) is 20.3 Å². The summed E-state index contributed by atoms with van der Waals surface area (Å²) in [5, 5.41) is 2.70. The molecule has 0 radical (unpaired) electrons. The van der Waals surface area contributed by atoms with Gasteiger partial charge in [0.05, 0.1) is 0 Å². The zero-order valence-electron chi connectivity index (χ0n) is 11.2. The van der Waals surface area contributed by atoms with E-state index in [1.807, 2.05) is 6.92 Å². The van der Waals surface area contributed by atoms with E-state index in [-0.39, 0.29) is 0 Å². The molecule has 0 N–H and O–H groups in total. The molecule has 2 aromatic rings. The highest BCUT2D eigenvalue weighted by molar-refractivity contribution is 5.85. The van der Waals surface area contributed by atoms with Crippen molar-refractivity contribution < 1.29 is 0 Å². The first-order valence-corrected chi connectivity index (χ1v) is 6.47. The minimum atomic E-state index is 0.535. The smallest absolute Gasteiger partial charge is 0.0152 e. The zero-order valence-corrected chi connectivity index (χ0v) is 11.2. The maximum absolute atomic E-state index is 3.90. The second kappa shape index (κ2) is 5.68. The number of hydrogen-bond acceptors (Lipinski definition) is 0. The molecule has 0 fully saturated rings. The highest BCUT2D eigenvalue weighted by Crippen LogP contribution is 2.21. The molecule has 0 amide bonds. The summed E-state index contributed by atoms with van der Waals surface area (Å²) < 4.78 is 0. The molecule has 0 bridgehead atoms. The Labute approximate surface area is 110 Å². The Morgan fingerprint density at radius 2 is 1.89 bits per heavy atom. The summed E-state index contributed by atoms with van der Waals surface area (Å²) in [5.74, 6) is 0.535. The molecule has 0 aliphatic heterocycles. The van der Waals surface area contributed by atoms with Gasteiger partial charge >= 0.3 is 0 Å². The maximum Gasteiger partial charge on any atom is -0.0152 e. The Hall–Kier alpha value is -1.82. The van der Waals surface area contributed by atoms with E-state index in [1.54, 1.807) is 0 Å². The Morgan fingerprint density at radius 1 is 1.17 bits per heavy atom. The lowest BCUT2D eigenvalue weighted by atomic mass is 9.95. The average Bonchev–Trinajstić information content (AvgIpc) is 2.37. The van der Waals surface area contributed by atoms with Crippen LogP contribution < -0.4 is 0 Å². The van der Waals surface area contributed by atoms with Gasteiger partial charge in [0.15, 0.2) is 0 Å². The fraction of sp³-hybridized carbons (Fsp3) is 0.222. The second-order valence-electron chi connectivity index (χ2n) is 5.03. The van der Waals surface area contributed by atoms with E-state index in [9.17, 15) is 0 Å². The summed E-state index contributed by atoms with van der Waals surface area (Å²) in [4.78, 5) is 0. The molecule has 0 aromatic heterocycles. The normalized spacial score (nSPS) is 13.0. The minimum absolute atomic E-state index is 0.535. The number of allylic oxidation sites excluding steroid dienone is 3. The van der Waals surface area contributed by atoms with Crippen molar-refractivity contribution >= 4 is 10.8 Å². The van der Waals surface area contributed by atoms with Gasteiger partial charge in [-0.3, -0.25) is 0 Å². The zero-order chi connectivity index (χ0) is 13.0. The van der Waals surface area contributed by atoms with E-state index in [1.165, 1.54) is 16.3 Å². The van der Waals surface area contributed by atoms with Gasteiger partial charge in [-0.05, 0) is 35.6 Å². The summed E-state index contributed by atoms with van der Waals surface area (Å²) in [6.45, 7) is 8.18. The van der Waals surface area contributed by atoms with Gasteiger partial charge in [0.1, 0.15) is 0 Å². The molecule has 92 valence electrons. The largest absolute Gasteiger partial charge is 0.0961 e. The van der Waals surface area contributed by atoms with E-state index < -0.39 is 0 Å². The molecular weight excluding hydrogens is 216 g/mol. The van der Waals surface area contributed by atoms with Crippen molar-refractivity contribution in [3.8, 4) is 0 Å². The third-order valence-electron chi connectivity index (χ3n) is 3.13. The van der Waals surface area contributed by atoms with Gasteiger partial charge in [0.2, 0.25) is 0 Å². The molecule has 2 aromatic carbocycles. The molecule has 2 rings (SSSR count). The minimum Gasteiger partial charge on any atom is -0.0961 e. The Bertz CT molecular complexity index is 570.